The molecule has 0 saturated heterocycles. The van der Waals surface area contributed by atoms with E-state index in [-0.39, 0.29) is 5.91 Å². The third-order valence-corrected chi connectivity index (χ3v) is 4.90. The predicted molar refractivity (Wildman–Crippen MR) is 103 cm³/mol. The molecule has 0 aromatic heterocycles. The summed E-state index contributed by atoms with van der Waals surface area (Å²) in [4.78, 5) is 15.2. The van der Waals surface area contributed by atoms with Crippen LogP contribution >= 0.6 is 0 Å². The summed E-state index contributed by atoms with van der Waals surface area (Å²) in [7, 11) is 1.66. The molecule has 0 unspecified atom stereocenters. The molecular formula is C23H21NO2. The summed E-state index contributed by atoms with van der Waals surface area (Å²) in [5, 5.41) is 0. The molecule has 0 saturated carbocycles. The summed E-state index contributed by atoms with van der Waals surface area (Å²) >= 11 is 0. The number of amides is 1. The first-order valence-corrected chi connectivity index (χ1v) is 8.86. The number of hydrogen-bond donors (Lipinski definition) is 0. The van der Waals surface area contributed by atoms with Crippen molar-refractivity contribution in [3.8, 4) is 16.9 Å². The zero-order valence-corrected chi connectivity index (χ0v) is 14.8. The normalized spacial score (nSPS) is 13.4. The minimum Gasteiger partial charge on any atom is -0.497 e. The third kappa shape index (κ3) is 3.08. The number of benzene rings is 3. The van der Waals surface area contributed by atoms with E-state index in [0.29, 0.717) is 6.54 Å². The number of nitrogens with zero attached hydrogens (tertiary/aromatic N) is 1. The molecule has 0 N–H and O–H groups in total. The maximum Gasteiger partial charge on any atom is 0.255 e. The summed E-state index contributed by atoms with van der Waals surface area (Å²) in [5.41, 5.74) is 5.09. The lowest BCUT2D eigenvalue weighted by atomic mass is 9.90. The largest absolute Gasteiger partial charge is 0.497 e. The van der Waals surface area contributed by atoms with Crippen molar-refractivity contribution in [3.63, 3.8) is 0 Å². The van der Waals surface area contributed by atoms with E-state index in [1.807, 2.05) is 59.5 Å². The summed E-state index contributed by atoms with van der Waals surface area (Å²) in [6.45, 7) is 1.40. The van der Waals surface area contributed by atoms with Crippen LogP contribution in [-0.4, -0.2) is 24.5 Å². The molecule has 1 aliphatic heterocycles. The van der Waals surface area contributed by atoms with Crippen molar-refractivity contribution >= 4 is 5.91 Å². The fraction of sp³-hybridized carbons (Fsp3) is 0.174. The van der Waals surface area contributed by atoms with Crippen molar-refractivity contribution in [2.75, 3.05) is 13.7 Å². The molecule has 1 heterocycles. The molecule has 1 aliphatic rings. The van der Waals surface area contributed by atoms with Crippen LogP contribution in [0, 0.1) is 0 Å². The molecule has 130 valence electrons. The molecule has 3 heteroatoms. The lowest BCUT2D eigenvalue weighted by molar-refractivity contribution is 0.0728. The second-order valence-corrected chi connectivity index (χ2v) is 6.53. The molecule has 3 nitrogen and oxygen atoms in total. The van der Waals surface area contributed by atoms with Crippen LogP contribution in [0.5, 0.6) is 5.75 Å². The Morgan fingerprint density at radius 1 is 0.962 bits per heavy atom. The molecule has 26 heavy (non-hydrogen) atoms. The Morgan fingerprint density at radius 3 is 2.58 bits per heavy atom. The van der Waals surface area contributed by atoms with Crippen LogP contribution in [0.15, 0.2) is 72.8 Å². The van der Waals surface area contributed by atoms with Crippen molar-refractivity contribution in [1.82, 2.24) is 4.90 Å². The monoisotopic (exact) mass is 343 g/mol. The molecule has 1 amide bonds. The van der Waals surface area contributed by atoms with Crippen molar-refractivity contribution in [3.05, 3.63) is 89.5 Å². The zero-order chi connectivity index (χ0) is 17.9. The van der Waals surface area contributed by atoms with Crippen LogP contribution in [-0.2, 0) is 13.0 Å². The average Bonchev–Trinajstić information content (AvgIpc) is 2.70. The second-order valence-electron chi connectivity index (χ2n) is 6.53. The van der Waals surface area contributed by atoms with E-state index in [4.69, 9.17) is 4.74 Å². The lowest BCUT2D eigenvalue weighted by Crippen LogP contribution is -2.37. The highest BCUT2D eigenvalue weighted by atomic mass is 16.5. The van der Waals surface area contributed by atoms with Gasteiger partial charge in [-0.2, -0.15) is 0 Å². The van der Waals surface area contributed by atoms with Gasteiger partial charge in [0.15, 0.2) is 0 Å². The molecule has 4 rings (SSSR count). The van der Waals surface area contributed by atoms with Gasteiger partial charge in [-0.15, -0.1) is 0 Å². The van der Waals surface area contributed by atoms with E-state index in [0.717, 1.165) is 46.5 Å². The SMILES string of the molecule is COc1cccc(-c2cccc3c2C(=O)N(Cc2ccccc2)CC3)c1. The van der Waals surface area contributed by atoms with Gasteiger partial charge in [0.2, 0.25) is 0 Å². The standard InChI is InChI=1S/C23H21NO2/c1-26-20-11-5-10-19(15-20)21-12-6-9-18-13-14-24(23(25)22(18)21)16-17-7-3-2-4-8-17/h2-12,15H,13-14,16H2,1H3. The molecular weight excluding hydrogens is 322 g/mol. The number of methoxy groups -OCH3 is 1. The van der Waals surface area contributed by atoms with Crippen LogP contribution < -0.4 is 4.74 Å². The molecule has 0 bridgehead atoms. The van der Waals surface area contributed by atoms with Gasteiger partial charge in [0.1, 0.15) is 5.75 Å². The maximum atomic E-state index is 13.3. The van der Waals surface area contributed by atoms with Gasteiger partial charge in [0.25, 0.3) is 5.91 Å². The Labute approximate surface area is 153 Å². The van der Waals surface area contributed by atoms with Gasteiger partial charge in [-0.3, -0.25) is 4.79 Å². The molecule has 0 fully saturated rings. The van der Waals surface area contributed by atoms with E-state index in [1.165, 1.54) is 0 Å². The molecule has 0 radical (unpaired) electrons. The van der Waals surface area contributed by atoms with Crippen LogP contribution in [0.3, 0.4) is 0 Å². The topological polar surface area (TPSA) is 29.5 Å². The first-order valence-electron chi connectivity index (χ1n) is 8.86. The summed E-state index contributed by atoms with van der Waals surface area (Å²) < 4.78 is 5.35. The Morgan fingerprint density at radius 2 is 1.77 bits per heavy atom. The van der Waals surface area contributed by atoms with E-state index < -0.39 is 0 Å². The average molecular weight is 343 g/mol. The number of fused-ring (bicyclic) bond motifs is 1. The molecule has 0 aliphatic carbocycles. The van der Waals surface area contributed by atoms with Gasteiger partial charge in [-0.05, 0) is 40.8 Å². The van der Waals surface area contributed by atoms with Crippen molar-refractivity contribution in [1.29, 1.82) is 0 Å². The Hall–Kier alpha value is -3.07. The van der Waals surface area contributed by atoms with E-state index in [2.05, 4.69) is 18.2 Å². The van der Waals surface area contributed by atoms with Crippen molar-refractivity contribution < 1.29 is 9.53 Å². The van der Waals surface area contributed by atoms with Crippen molar-refractivity contribution in [2.45, 2.75) is 13.0 Å². The van der Waals surface area contributed by atoms with Crippen LogP contribution in [0.1, 0.15) is 21.5 Å². The molecule has 3 aromatic carbocycles. The number of rotatable bonds is 4. The number of carbonyl (C=O) groups excluding carboxylic acids is 1. The summed E-state index contributed by atoms with van der Waals surface area (Å²) in [6, 6.07) is 24.2. The Bertz CT molecular complexity index is 934. The quantitative estimate of drug-likeness (QED) is 0.695. The second kappa shape index (κ2) is 7.04. The first kappa shape index (κ1) is 16.4. The minimum atomic E-state index is 0.105. The first-order chi connectivity index (χ1) is 12.8. The smallest absolute Gasteiger partial charge is 0.255 e. The Kier molecular flexibility index (Phi) is 4.44. The summed E-state index contributed by atoms with van der Waals surface area (Å²) in [6.07, 6.45) is 0.881. The Balaban J connectivity index is 1.72. The number of ether oxygens (including phenoxy) is 1. The fourth-order valence-corrected chi connectivity index (χ4v) is 3.56. The summed E-state index contributed by atoms with van der Waals surface area (Å²) in [5.74, 6) is 0.901. The number of carbonyl (C=O) groups is 1. The van der Waals surface area contributed by atoms with E-state index in [9.17, 15) is 4.79 Å². The highest BCUT2D eigenvalue weighted by molar-refractivity contribution is 6.03. The maximum absolute atomic E-state index is 13.3. The van der Waals surface area contributed by atoms with Gasteiger partial charge in [-0.1, -0.05) is 60.7 Å². The van der Waals surface area contributed by atoms with Crippen LogP contribution in [0.2, 0.25) is 0 Å². The van der Waals surface area contributed by atoms with Gasteiger partial charge < -0.3 is 9.64 Å². The van der Waals surface area contributed by atoms with E-state index >= 15 is 0 Å². The van der Waals surface area contributed by atoms with Crippen molar-refractivity contribution in [2.24, 2.45) is 0 Å². The van der Waals surface area contributed by atoms with Gasteiger partial charge in [0, 0.05) is 13.1 Å². The number of hydrogen-bond acceptors (Lipinski definition) is 2. The highest BCUT2D eigenvalue weighted by Crippen LogP contribution is 2.32. The predicted octanol–water partition coefficient (Wildman–Crippen LogP) is 4.56. The molecule has 0 atom stereocenters. The van der Waals surface area contributed by atoms with Gasteiger partial charge in [0.05, 0.1) is 12.7 Å². The molecule has 3 aromatic rings. The van der Waals surface area contributed by atoms with Gasteiger partial charge >= 0.3 is 0 Å². The van der Waals surface area contributed by atoms with Crippen LogP contribution in [0.4, 0.5) is 0 Å². The third-order valence-electron chi connectivity index (χ3n) is 4.90. The zero-order valence-electron chi connectivity index (χ0n) is 14.8. The molecule has 0 spiro atoms. The minimum absolute atomic E-state index is 0.105. The van der Waals surface area contributed by atoms with Gasteiger partial charge in [-0.25, -0.2) is 0 Å². The van der Waals surface area contributed by atoms with E-state index in [1.54, 1.807) is 7.11 Å². The fourth-order valence-electron chi connectivity index (χ4n) is 3.56. The highest BCUT2D eigenvalue weighted by Gasteiger charge is 2.27. The van der Waals surface area contributed by atoms with Crippen LogP contribution in [0.25, 0.3) is 11.1 Å². The lowest BCUT2D eigenvalue weighted by Gasteiger charge is -2.30.